The summed E-state index contributed by atoms with van der Waals surface area (Å²) in [5, 5.41) is 13.5. The molecule has 0 bridgehead atoms. The van der Waals surface area contributed by atoms with Crippen LogP contribution in [0.15, 0.2) is 77.7 Å². The maximum atomic E-state index is 13.4. The van der Waals surface area contributed by atoms with Crippen molar-refractivity contribution >= 4 is 33.1 Å². The van der Waals surface area contributed by atoms with Gasteiger partial charge in [-0.05, 0) is 55.0 Å². The van der Waals surface area contributed by atoms with Crippen LogP contribution in [0.2, 0.25) is 0 Å². The molecular formula is C22H21FN4O5S. The number of anilines is 2. The van der Waals surface area contributed by atoms with Crippen LogP contribution in [0.3, 0.4) is 0 Å². The maximum Gasteiger partial charge on any atom is 0.326 e. The van der Waals surface area contributed by atoms with Crippen molar-refractivity contribution in [3.8, 4) is 0 Å². The fourth-order valence-corrected chi connectivity index (χ4v) is 4.01. The molecule has 172 valence electrons. The van der Waals surface area contributed by atoms with Crippen LogP contribution in [0.4, 0.5) is 26.2 Å². The van der Waals surface area contributed by atoms with E-state index in [4.69, 9.17) is 0 Å². The number of sulfonamides is 1. The van der Waals surface area contributed by atoms with Crippen LogP contribution >= 0.6 is 0 Å². The summed E-state index contributed by atoms with van der Waals surface area (Å²) in [6, 6.07) is 16.3. The Labute approximate surface area is 190 Å². The summed E-state index contributed by atoms with van der Waals surface area (Å²) in [6.45, 7) is 1.61. The highest BCUT2D eigenvalue weighted by molar-refractivity contribution is 7.89. The zero-order valence-corrected chi connectivity index (χ0v) is 18.4. The third kappa shape index (κ3) is 6.11. The molecule has 0 unspecified atom stereocenters. The zero-order valence-electron chi connectivity index (χ0n) is 17.6. The molecule has 2 N–H and O–H groups in total. The van der Waals surface area contributed by atoms with Crippen LogP contribution < -0.4 is 14.9 Å². The van der Waals surface area contributed by atoms with Crippen molar-refractivity contribution in [1.29, 1.82) is 0 Å². The summed E-state index contributed by atoms with van der Waals surface area (Å²) in [6.07, 6.45) is 0. The Morgan fingerprint density at radius 3 is 2.27 bits per heavy atom. The molecule has 0 saturated heterocycles. The van der Waals surface area contributed by atoms with E-state index >= 15 is 0 Å². The summed E-state index contributed by atoms with van der Waals surface area (Å²) in [7, 11) is -3.97. The topological polar surface area (TPSA) is 122 Å². The Hall–Kier alpha value is -3.83. The standard InChI is InChI=1S/C22H21FN4O5S/c1-16-4-2-3-5-21(16)25-22(28)26(18-8-6-17(23)7-9-18)15-14-24-33(31,32)20-12-10-19(11-13-20)27(29)30/h2-13,24H,14-15H2,1H3,(H,25,28). The first kappa shape index (κ1) is 23.8. The lowest BCUT2D eigenvalue weighted by Crippen LogP contribution is -2.41. The number of nitro benzene ring substituents is 1. The Balaban J connectivity index is 1.74. The molecule has 9 nitrogen and oxygen atoms in total. The molecule has 0 heterocycles. The number of carbonyl (C=O) groups is 1. The number of carbonyl (C=O) groups excluding carboxylic acids is 1. The van der Waals surface area contributed by atoms with Crippen molar-refractivity contribution in [2.75, 3.05) is 23.3 Å². The maximum absolute atomic E-state index is 13.4. The summed E-state index contributed by atoms with van der Waals surface area (Å²) < 4.78 is 40.8. The van der Waals surface area contributed by atoms with E-state index in [1.54, 1.807) is 12.1 Å². The van der Waals surface area contributed by atoms with Crippen LogP contribution in [0.5, 0.6) is 0 Å². The van der Waals surface area contributed by atoms with E-state index in [1.807, 2.05) is 19.1 Å². The van der Waals surface area contributed by atoms with Crippen molar-refractivity contribution in [3.05, 3.63) is 94.3 Å². The summed E-state index contributed by atoms with van der Waals surface area (Å²) in [5.74, 6) is -0.475. The number of nitrogens with one attached hydrogen (secondary N) is 2. The molecule has 3 rings (SSSR count). The van der Waals surface area contributed by atoms with E-state index < -0.39 is 26.8 Å². The highest BCUT2D eigenvalue weighted by atomic mass is 32.2. The lowest BCUT2D eigenvalue weighted by molar-refractivity contribution is -0.384. The second-order valence-corrected chi connectivity index (χ2v) is 8.79. The van der Waals surface area contributed by atoms with Gasteiger partial charge in [0.2, 0.25) is 10.0 Å². The smallest absolute Gasteiger partial charge is 0.307 e. The van der Waals surface area contributed by atoms with Crippen molar-refractivity contribution in [2.45, 2.75) is 11.8 Å². The first-order valence-corrected chi connectivity index (χ1v) is 11.3. The van der Waals surface area contributed by atoms with Gasteiger partial charge in [-0.25, -0.2) is 22.3 Å². The van der Waals surface area contributed by atoms with Gasteiger partial charge in [-0.15, -0.1) is 0 Å². The number of halogens is 1. The van der Waals surface area contributed by atoms with Gasteiger partial charge in [-0.1, -0.05) is 18.2 Å². The van der Waals surface area contributed by atoms with Gasteiger partial charge in [-0.2, -0.15) is 0 Å². The van der Waals surface area contributed by atoms with E-state index in [1.165, 1.54) is 29.2 Å². The summed E-state index contributed by atoms with van der Waals surface area (Å²) in [4.78, 5) is 24.2. The number of nitrogens with zero attached hydrogens (tertiary/aromatic N) is 2. The molecule has 0 aromatic heterocycles. The third-order valence-corrected chi connectivity index (χ3v) is 6.23. The highest BCUT2D eigenvalue weighted by Gasteiger charge is 2.20. The number of para-hydroxylation sites is 1. The van der Waals surface area contributed by atoms with Gasteiger partial charge in [-0.3, -0.25) is 15.0 Å². The molecule has 0 radical (unpaired) electrons. The molecule has 0 spiro atoms. The SMILES string of the molecule is Cc1ccccc1NC(=O)N(CCNS(=O)(=O)c1ccc([N+](=O)[O-])cc1)c1ccc(F)cc1. The molecule has 0 saturated carbocycles. The predicted molar refractivity (Wildman–Crippen MR) is 122 cm³/mol. The largest absolute Gasteiger partial charge is 0.326 e. The lowest BCUT2D eigenvalue weighted by atomic mass is 10.2. The Morgan fingerprint density at radius 2 is 1.67 bits per heavy atom. The molecule has 3 aromatic rings. The van der Waals surface area contributed by atoms with Crippen LogP contribution in [-0.2, 0) is 10.0 Å². The number of amides is 2. The highest BCUT2D eigenvalue weighted by Crippen LogP contribution is 2.19. The molecular weight excluding hydrogens is 451 g/mol. The first-order valence-electron chi connectivity index (χ1n) is 9.81. The number of benzene rings is 3. The molecule has 33 heavy (non-hydrogen) atoms. The van der Waals surface area contributed by atoms with Gasteiger partial charge in [0.25, 0.3) is 5.69 Å². The van der Waals surface area contributed by atoms with E-state index in [2.05, 4.69) is 10.0 Å². The molecule has 0 aliphatic rings. The van der Waals surface area contributed by atoms with Gasteiger partial charge in [0.05, 0.1) is 9.82 Å². The molecule has 11 heteroatoms. The number of hydrogen-bond donors (Lipinski definition) is 2. The van der Waals surface area contributed by atoms with Crippen molar-refractivity contribution in [3.63, 3.8) is 0 Å². The number of hydrogen-bond acceptors (Lipinski definition) is 5. The Bertz CT molecular complexity index is 1250. The van der Waals surface area contributed by atoms with Gasteiger partial charge in [0, 0.05) is 36.6 Å². The number of urea groups is 1. The molecule has 0 aliphatic carbocycles. The minimum absolute atomic E-state index is 0.0600. The fourth-order valence-electron chi connectivity index (χ4n) is 2.99. The number of aryl methyl sites for hydroxylation is 1. The van der Waals surface area contributed by atoms with Crippen molar-refractivity contribution in [2.24, 2.45) is 0 Å². The van der Waals surface area contributed by atoms with E-state index in [-0.39, 0.29) is 23.7 Å². The van der Waals surface area contributed by atoms with Crippen LogP contribution in [0.1, 0.15) is 5.56 Å². The predicted octanol–water partition coefficient (Wildman–Crippen LogP) is 4.06. The van der Waals surface area contributed by atoms with E-state index in [0.717, 1.165) is 29.8 Å². The van der Waals surface area contributed by atoms with Crippen molar-refractivity contribution < 1.29 is 22.5 Å². The summed E-state index contributed by atoms with van der Waals surface area (Å²) >= 11 is 0. The number of non-ortho nitro benzene ring substituents is 1. The molecule has 3 aromatic carbocycles. The average Bonchev–Trinajstić information content (AvgIpc) is 2.79. The average molecular weight is 472 g/mol. The minimum Gasteiger partial charge on any atom is -0.307 e. The third-order valence-electron chi connectivity index (χ3n) is 4.76. The Morgan fingerprint density at radius 1 is 1.03 bits per heavy atom. The Kier molecular flexibility index (Phi) is 7.36. The van der Waals surface area contributed by atoms with Gasteiger partial charge >= 0.3 is 6.03 Å². The van der Waals surface area contributed by atoms with E-state index in [9.17, 15) is 27.7 Å². The fraction of sp³-hybridized carbons (Fsp3) is 0.136. The van der Waals surface area contributed by atoms with E-state index in [0.29, 0.717) is 11.4 Å². The van der Waals surface area contributed by atoms with Crippen LogP contribution in [0, 0.1) is 22.9 Å². The van der Waals surface area contributed by atoms with Crippen molar-refractivity contribution in [1.82, 2.24) is 4.72 Å². The monoisotopic (exact) mass is 472 g/mol. The number of rotatable bonds is 8. The second-order valence-electron chi connectivity index (χ2n) is 7.02. The minimum atomic E-state index is -3.97. The molecule has 0 aliphatic heterocycles. The normalized spacial score (nSPS) is 11.1. The van der Waals surface area contributed by atoms with Gasteiger partial charge < -0.3 is 5.32 Å². The van der Waals surface area contributed by atoms with Gasteiger partial charge in [0.15, 0.2) is 0 Å². The van der Waals surface area contributed by atoms with Gasteiger partial charge in [0.1, 0.15) is 5.82 Å². The summed E-state index contributed by atoms with van der Waals surface area (Å²) in [5.41, 5.74) is 1.56. The lowest BCUT2D eigenvalue weighted by Gasteiger charge is -2.24. The second kappa shape index (κ2) is 10.2. The zero-order chi connectivity index (χ0) is 24.0. The van der Waals surface area contributed by atoms with Crippen LogP contribution in [0.25, 0.3) is 0 Å². The molecule has 0 atom stereocenters. The number of nitro groups is 1. The quantitative estimate of drug-likeness (QED) is 0.378. The molecule has 2 amide bonds. The molecule has 0 fully saturated rings. The first-order chi connectivity index (χ1) is 15.7. The van der Waals surface area contributed by atoms with Crippen LogP contribution in [-0.4, -0.2) is 32.5 Å².